The third-order valence-electron chi connectivity index (χ3n) is 5.19. The van der Waals surface area contributed by atoms with Crippen molar-refractivity contribution in [1.29, 1.82) is 0 Å². The molecule has 0 saturated carbocycles. The maximum Gasteiger partial charge on any atom is 0.246 e. The van der Waals surface area contributed by atoms with Gasteiger partial charge in [-0.15, -0.1) is 0 Å². The third-order valence-corrected chi connectivity index (χ3v) is 7.33. The number of amides is 1. The standard InChI is InChI=1S/C17H24N2O5S/c1-11-7-14(23-4)12(2)13(3)16(11)25(21,22)19-6-5-17(10-19)9-18-15(20)8-24-17/h7H,5-6,8-10H2,1-4H3,(H,18,20). The molecule has 1 unspecified atom stereocenters. The number of methoxy groups -OCH3 is 1. The lowest BCUT2D eigenvalue weighted by molar-refractivity contribution is -0.141. The van der Waals surface area contributed by atoms with Crippen LogP contribution in [0.15, 0.2) is 11.0 Å². The lowest BCUT2D eigenvalue weighted by atomic mass is 10.0. The van der Waals surface area contributed by atoms with Crippen LogP contribution in [0.3, 0.4) is 0 Å². The summed E-state index contributed by atoms with van der Waals surface area (Å²) in [6.45, 7) is 6.40. The largest absolute Gasteiger partial charge is 0.496 e. The van der Waals surface area contributed by atoms with Gasteiger partial charge >= 0.3 is 0 Å². The van der Waals surface area contributed by atoms with Crippen molar-refractivity contribution in [2.75, 3.05) is 33.4 Å². The first-order valence-corrected chi connectivity index (χ1v) is 9.70. The quantitative estimate of drug-likeness (QED) is 0.857. The van der Waals surface area contributed by atoms with E-state index in [4.69, 9.17) is 9.47 Å². The Bertz CT molecular complexity index is 809. The number of carbonyl (C=O) groups is 1. The molecule has 1 aromatic rings. The van der Waals surface area contributed by atoms with Crippen LogP contribution < -0.4 is 10.1 Å². The molecule has 138 valence electrons. The molecular formula is C17H24N2O5S. The minimum absolute atomic E-state index is 0.0203. The number of hydrogen-bond acceptors (Lipinski definition) is 5. The maximum absolute atomic E-state index is 13.3. The minimum atomic E-state index is -3.65. The normalized spacial score (nSPS) is 24.6. The zero-order valence-electron chi connectivity index (χ0n) is 15.0. The zero-order valence-corrected chi connectivity index (χ0v) is 15.8. The highest BCUT2D eigenvalue weighted by atomic mass is 32.2. The molecule has 25 heavy (non-hydrogen) atoms. The number of carbonyl (C=O) groups excluding carboxylic acids is 1. The monoisotopic (exact) mass is 368 g/mol. The van der Waals surface area contributed by atoms with Crippen LogP contribution in [0.1, 0.15) is 23.1 Å². The molecule has 0 aromatic heterocycles. The van der Waals surface area contributed by atoms with Crippen molar-refractivity contribution in [3.8, 4) is 5.75 Å². The Balaban J connectivity index is 1.93. The van der Waals surface area contributed by atoms with Gasteiger partial charge in [0, 0.05) is 19.6 Å². The Morgan fingerprint density at radius 2 is 2.00 bits per heavy atom. The van der Waals surface area contributed by atoms with E-state index < -0.39 is 15.6 Å². The Hall–Kier alpha value is -1.64. The Morgan fingerprint density at radius 3 is 2.60 bits per heavy atom. The van der Waals surface area contributed by atoms with Crippen molar-refractivity contribution in [2.24, 2.45) is 0 Å². The summed E-state index contributed by atoms with van der Waals surface area (Å²) >= 11 is 0. The summed E-state index contributed by atoms with van der Waals surface area (Å²) < 4.78 is 39.0. The van der Waals surface area contributed by atoms with E-state index in [0.717, 1.165) is 5.56 Å². The Kier molecular flexibility index (Phi) is 4.55. The fourth-order valence-corrected chi connectivity index (χ4v) is 5.62. The molecule has 1 N–H and O–H groups in total. The fraction of sp³-hybridized carbons (Fsp3) is 0.588. The van der Waals surface area contributed by atoms with E-state index in [-0.39, 0.29) is 19.1 Å². The summed E-state index contributed by atoms with van der Waals surface area (Å²) in [6.07, 6.45) is 0.569. The van der Waals surface area contributed by atoms with E-state index in [0.29, 0.717) is 41.3 Å². The lowest BCUT2D eigenvalue weighted by Gasteiger charge is -2.33. The molecule has 2 heterocycles. The molecule has 1 aromatic carbocycles. The highest BCUT2D eigenvalue weighted by Gasteiger charge is 2.46. The van der Waals surface area contributed by atoms with Gasteiger partial charge in [0.1, 0.15) is 18.0 Å². The van der Waals surface area contributed by atoms with E-state index in [1.54, 1.807) is 27.0 Å². The van der Waals surface area contributed by atoms with Crippen molar-refractivity contribution >= 4 is 15.9 Å². The first kappa shape index (κ1) is 18.2. The van der Waals surface area contributed by atoms with Crippen LogP contribution in [0.5, 0.6) is 5.75 Å². The highest BCUT2D eigenvalue weighted by Crippen LogP contribution is 2.36. The van der Waals surface area contributed by atoms with Crippen LogP contribution in [0.4, 0.5) is 0 Å². The van der Waals surface area contributed by atoms with Crippen LogP contribution in [0, 0.1) is 20.8 Å². The Morgan fingerprint density at radius 1 is 1.28 bits per heavy atom. The number of sulfonamides is 1. The number of rotatable bonds is 3. The minimum Gasteiger partial charge on any atom is -0.496 e. The van der Waals surface area contributed by atoms with Crippen LogP contribution in [-0.4, -0.2) is 57.6 Å². The third kappa shape index (κ3) is 3.02. The molecular weight excluding hydrogens is 344 g/mol. The fourth-order valence-electron chi connectivity index (χ4n) is 3.61. The zero-order chi connectivity index (χ0) is 18.4. The van der Waals surface area contributed by atoms with Gasteiger partial charge < -0.3 is 14.8 Å². The number of nitrogens with zero attached hydrogens (tertiary/aromatic N) is 1. The molecule has 2 saturated heterocycles. The lowest BCUT2D eigenvalue weighted by Crippen LogP contribution is -2.54. The van der Waals surface area contributed by atoms with Gasteiger partial charge in [-0.25, -0.2) is 8.42 Å². The summed E-state index contributed by atoms with van der Waals surface area (Å²) in [5, 5.41) is 2.77. The van der Waals surface area contributed by atoms with Crippen molar-refractivity contribution in [3.63, 3.8) is 0 Å². The van der Waals surface area contributed by atoms with Crippen LogP contribution >= 0.6 is 0 Å². The molecule has 2 aliphatic heterocycles. The number of hydrogen-bond donors (Lipinski definition) is 1. The predicted octanol–water partition coefficient (Wildman–Crippen LogP) is 0.900. The molecule has 0 aliphatic carbocycles. The maximum atomic E-state index is 13.3. The second kappa shape index (κ2) is 6.26. The SMILES string of the molecule is COc1cc(C)c(S(=O)(=O)N2CCC3(CNC(=O)CO3)C2)c(C)c1C. The molecule has 0 radical (unpaired) electrons. The summed E-state index contributed by atoms with van der Waals surface area (Å²) in [5.74, 6) is 0.523. The topological polar surface area (TPSA) is 84.9 Å². The second-order valence-electron chi connectivity index (χ2n) is 6.81. The van der Waals surface area contributed by atoms with Gasteiger partial charge in [0.25, 0.3) is 0 Å². The van der Waals surface area contributed by atoms with Gasteiger partial charge in [-0.1, -0.05) is 0 Å². The first-order chi connectivity index (χ1) is 11.7. The molecule has 1 atom stereocenters. The first-order valence-electron chi connectivity index (χ1n) is 8.26. The average Bonchev–Trinajstić information content (AvgIpc) is 2.99. The van der Waals surface area contributed by atoms with E-state index in [1.807, 2.05) is 6.92 Å². The van der Waals surface area contributed by atoms with Gasteiger partial charge in [-0.3, -0.25) is 4.79 Å². The van der Waals surface area contributed by atoms with Gasteiger partial charge in [-0.2, -0.15) is 4.31 Å². The number of aryl methyl sites for hydroxylation is 1. The van der Waals surface area contributed by atoms with Gasteiger partial charge in [0.15, 0.2) is 0 Å². The van der Waals surface area contributed by atoms with E-state index in [9.17, 15) is 13.2 Å². The smallest absolute Gasteiger partial charge is 0.246 e. The van der Waals surface area contributed by atoms with Gasteiger partial charge in [0.2, 0.25) is 15.9 Å². The Labute approximate surface area is 148 Å². The van der Waals surface area contributed by atoms with Crippen molar-refractivity contribution in [1.82, 2.24) is 9.62 Å². The number of ether oxygens (including phenoxy) is 2. The molecule has 1 amide bonds. The van der Waals surface area contributed by atoms with Crippen LogP contribution in [0.25, 0.3) is 0 Å². The van der Waals surface area contributed by atoms with E-state index >= 15 is 0 Å². The summed E-state index contributed by atoms with van der Waals surface area (Å²) in [6, 6.07) is 1.76. The van der Waals surface area contributed by atoms with Gasteiger partial charge in [0.05, 0.1) is 12.0 Å². The van der Waals surface area contributed by atoms with E-state index in [1.165, 1.54) is 4.31 Å². The molecule has 3 rings (SSSR count). The van der Waals surface area contributed by atoms with E-state index in [2.05, 4.69) is 5.32 Å². The highest BCUT2D eigenvalue weighted by molar-refractivity contribution is 7.89. The number of nitrogens with one attached hydrogen (secondary N) is 1. The van der Waals surface area contributed by atoms with Crippen molar-refractivity contribution < 1.29 is 22.7 Å². The number of morpholine rings is 1. The second-order valence-corrected chi connectivity index (χ2v) is 8.69. The predicted molar refractivity (Wildman–Crippen MR) is 92.3 cm³/mol. The molecule has 0 bridgehead atoms. The van der Waals surface area contributed by atoms with Gasteiger partial charge in [-0.05, 0) is 49.9 Å². The summed E-state index contributed by atoms with van der Waals surface area (Å²) in [7, 11) is -2.07. The molecule has 7 nitrogen and oxygen atoms in total. The molecule has 2 fully saturated rings. The number of benzene rings is 1. The molecule has 1 spiro atoms. The van der Waals surface area contributed by atoms with Crippen LogP contribution in [-0.2, 0) is 19.6 Å². The van der Waals surface area contributed by atoms with Crippen molar-refractivity contribution in [2.45, 2.75) is 37.7 Å². The summed E-state index contributed by atoms with van der Waals surface area (Å²) in [4.78, 5) is 11.6. The average molecular weight is 368 g/mol. The molecule has 2 aliphatic rings. The van der Waals surface area contributed by atoms with Crippen LogP contribution in [0.2, 0.25) is 0 Å². The van der Waals surface area contributed by atoms with Crippen molar-refractivity contribution in [3.05, 3.63) is 22.8 Å². The molecule has 8 heteroatoms. The summed E-state index contributed by atoms with van der Waals surface area (Å²) in [5.41, 5.74) is 1.57.